The maximum Gasteiger partial charge on any atom is 0.258 e. The van der Waals surface area contributed by atoms with E-state index in [0.29, 0.717) is 17.2 Å². The van der Waals surface area contributed by atoms with E-state index in [9.17, 15) is 9.59 Å². The molecule has 2 aromatic rings. The van der Waals surface area contributed by atoms with Crippen molar-refractivity contribution < 1.29 is 23.8 Å². The van der Waals surface area contributed by atoms with Gasteiger partial charge in [0.25, 0.3) is 5.91 Å². The molecule has 0 bridgehead atoms. The Kier molecular flexibility index (Phi) is 6.99. The van der Waals surface area contributed by atoms with Crippen LogP contribution in [0.1, 0.15) is 25.5 Å². The third kappa shape index (κ3) is 5.88. The SMILES string of the molecule is COc1ccc([C@@H](C)NC(=O)COc2ccc(NC(C)=O)cn2)cc1OC. The molecule has 0 aliphatic carbocycles. The quantitative estimate of drug-likeness (QED) is 0.737. The Labute approximate surface area is 157 Å². The van der Waals surface area contributed by atoms with Crippen LogP contribution >= 0.6 is 0 Å². The van der Waals surface area contributed by atoms with E-state index in [1.54, 1.807) is 32.4 Å². The van der Waals surface area contributed by atoms with E-state index < -0.39 is 0 Å². The van der Waals surface area contributed by atoms with Crippen molar-refractivity contribution in [2.45, 2.75) is 19.9 Å². The van der Waals surface area contributed by atoms with E-state index in [1.807, 2.05) is 19.1 Å². The summed E-state index contributed by atoms with van der Waals surface area (Å²) in [7, 11) is 3.12. The molecule has 0 aliphatic rings. The molecule has 0 unspecified atom stereocenters. The zero-order valence-electron chi connectivity index (χ0n) is 15.7. The third-order valence-electron chi connectivity index (χ3n) is 3.69. The summed E-state index contributed by atoms with van der Waals surface area (Å²) < 4.78 is 15.8. The van der Waals surface area contributed by atoms with E-state index in [1.165, 1.54) is 13.1 Å². The van der Waals surface area contributed by atoms with Crippen LogP contribution in [0.25, 0.3) is 0 Å². The van der Waals surface area contributed by atoms with Crippen LogP contribution in [0.4, 0.5) is 5.69 Å². The van der Waals surface area contributed by atoms with Gasteiger partial charge in [0.15, 0.2) is 18.1 Å². The van der Waals surface area contributed by atoms with Gasteiger partial charge < -0.3 is 24.8 Å². The van der Waals surface area contributed by atoms with Gasteiger partial charge in [-0.3, -0.25) is 9.59 Å². The highest BCUT2D eigenvalue weighted by Crippen LogP contribution is 2.29. The van der Waals surface area contributed by atoms with Crippen molar-refractivity contribution in [1.29, 1.82) is 0 Å². The van der Waals surface area contributed by atoms with E-state index in [2.05, 4.69) is 15.6 Å². The first-order valence-corrected chi connectivity index (χ1v) is 8.30. The fraction of sp³-hybridized carbons (Fsp3) is 0.316. The van der Waals surface area contributed by atoms with Crippen LogP contribution in [-0.4, -0.2) is 37.6 Å². The minimum Gasteiger partial charge on any atom is -0.493 e. The molecule has 27 heavy (non-hydrogen) atoms. The van der Waals surface area contributed by atoms with Crippen molar-refractivity contribution in [2.75, 3.05) is 26.1 Å². The molecular weight excluding hydrogens is 350 g/mol. The second-order valence-electron chi connectivity index (χ2n) is 5.76. The van der Waals surface area contributed by atoms with Crippen LogP contribution in [0.2, 0.25) is 0 Å². The lowest BCUT2D eigenvalue weighted by Gasteiger charge is -2.16. The lowest BCUT2D eigenvalue weighted by Crippen LogP contribution is -2.31. The number of amides is 2. The molecule has 0 aliphatic heterocycles. The number of rotatable bonds is 8. The van der Waals surface area contributed by atoms with Crippen molar-refractivity contribution in [3.8, 4) is 17.4 Å². The molecule has 1 aromatic heterocycles. The first-order valence-electron chi connectivity index (χ1n) is 8.30. The van der Waals surface area contributed by atoms with E-state index in [0.717, 1.165) is 5.56 Å². The highest BCUT2D eigenvalue weighted by atomic mass is 16.5. The molecule has 2 N–H and O–H groups in total. The molecule has 2 rings (SSSR count). The number of methoxy groups -OCH3 is 2. The number of anilines is 1. The molecule has 144 valence electrons. The van der Waals surface area contributed by atoms with Crippen molar-refractivity contribution >= 4 is 17.5 Å². The Hall–Kier alpha value is -3.29. The highest BCUT2D eigenvalue weighted by molar-refractivity contribution is 5.88. The topological polar surface area (TPSA) is 98.8 Å². The molecule has 0 radical (unpaired) electrons. The Morgan fingerprint density at radius 3 is 2.44 bits per heavy atom. The Bertz CT molecular complexity index is 792. The van der Waals surface area contributed by atoms with Crippen LogP contribution in [0.5, 0.6) is 17.4 Å². The number of ether oxygens (including phenoxy) is 3. The molecule has 1 heterocycles. The number of hydrogen-bond acceptors (Lipinski definition) is 6. The fourth-order valence-corrected chi connectivity index (χ4v) is 2.37. The number of benzene rings is 1. The number of carbonyl (C=O) groups excluding carboxylic acids is 2. The summed E-state index contributed by atoms with van der Waals surface area (Å²) in [6.07, 6.45) is 1.46. The average Bonchev–Trinajstić information content (AvgIpc) is 2.66. The summed E-state index contributed by atoms with van der Waals surface area (Å²) in [5.41, 5.74) is 1.43. The van der Waals surface area contributed by atoms with Gasteiger partial charge in [0, 0.05) is 13.0 Å². The molecule has 8 heteroatoms. The number of pyridine rings is 1. The molecule has 0 spiro atoms. The molecular formula is C19H23N3O5. The van der Waals surface area contributed by atoms with Crippen LogP contribution in [0.3, 0.4) is 0 Å². The molecule has 2 amide bonds. The van der Waals surface area contributed by atoms with E-state index >= 15 is 0 Å². The minimum atomic E-state index is -0.287. The maximum absolute atomic E-state index is 12.1. The van der Waals surface area contributed by atoms with Crippen molar-refractivity contribution in [2.24, 2.45) is 0 Å². The van der Waals surface area contributed by atoms with Crippen LogP contribution in [-0.2, 0) is 9.59 Å². The lowest BCUT2D eigenvalue weighted by molar-refractivity contribution is -0.123. The zero-order valence-corrected chi connectivity index (χ0v) is 15.7. The van der Waals surface area contributed by atoms with Gasteiger partial charge in [0.05, 0.1) is 32.1 Å². The smallest absolute Gasteiger partial charge is 0.258 e. The fourth-order valence-electron chi connectivity index (χ4n) is 2.37. The molecule has 1 atom stereocenters. The number of hydrogen-bond donors (Lipinski definition) is 2. The van der Waals surface area contributed by atoms with Gasteiger partial charge in [-0.25, -0.2) is 4.98 Å². The molecule has 1 aromatic carbocycles. The van der Waals surface area contributed by atoms with Gasteiger partial charge in [-0.15, -0.1) is 0 Å². The normalized spacial score (nSPS) is 11.3. The summed E-state index contributed by atoms with van der Waals surface area (Å²) in [5, 5.41) is 5.45. The third-order valence-corrected chi connectivity index (χ3v) is 3.69. The summed E-state index contributed by atoms with van der Waals surface area (Å²) in [6.45, 7) is 3.10. The van der Waals surface area contributed by atoms with Crippen LogP contribution in [0.15, 0.2) is 36.5 Å². The highest BCUT2D eigenvalue weighted by Gasteiger charge is 2.13. The predicted octanol–water partition coefficient (Wildman–Crippen LogP) is 2.31. The Morgan fingerprint density at radius 1 is 1.11 bits per heavy atom. The van der Waals surface area contributed by atoms with Crippen LogP contribution < -0.4 is 24.8 Å². The lowest BCUT2D eigenvalue weighted by atomic mass is 10.1. The van der Waals surface area contributed by atoms with E-state index in [-0.39, 0.29) is 30.3 Å². The van der Waals surface area contributed by atoms with Gasteiger partial charge in [0.1, 0.15) is 0 Å². The first kappa shape index (κ1) is 20.0. The Morgan fingerprint density at radius 2 is 1.85 bits per heavy atom. The monoisotopic (exact) mass is 373 g/mol. The average molecular weight is 373 g/mol. The standard InChI is InChI=1S/C19H23N3O5/c1-12(14-5-7-16(25-3)17(9-14)26-4)21-18(24)11-27-19-8-6-15(10-20-19)22-13(2)23/h5-10,12H,11H2,1-4H3,(H,21,24)(H,22,23)/t12-/m1/s1. The summed E-state index contributed by atoms with van der Waals surface area (Å²) in [5.74, 6) is 1.03. The number of nitrogens with zero attached hydrogens (tertiary/aromatic N) is 1. The maximum atomic E-state index is 12.1. The van der Waals surface area contributed by atoms with Gasteiger partial charge in [-0.2, -0.15) is 0 Å². The predicted molar refractivity (Wildman–Crippen MR) is 100 cm³/mol. The number of carbonyl (C=O) groups is 2. The Balaban J connectivity index is 1.88. The molecule has 0 saturated heterocycles. The minimum absolute atomic E-state index is 0.176. The summed E-state index contributed by atoms with van der Waals surface area (Å²) in [6, 6.07) is 8.44. The second-order valence-corrected chi connectivity index (χ2v) is 5.76. The van der Waals surface area contributed by atoms with Crippen molar-refractivity contribution in [1.82, 2.24) is 10.3 Å². The number of aromatic nitrogens is 1. The van der Waals surface area contributed by atoms with Crippen molar-refractivity contribution in [3.63, 3.8) is 0 Å². The zero-order chi connectivity index (χ0) is 19.8. The molecule has 0 saturated carbocycles. The number of nitrogens with one attached hydrogen (secondary N) is 2. The molecule has 0 fully saturated rings. The van der Waals surface area contributed by atoms with E-state index in [4.69, 9.17) is 14.2 Å². The summed E-state index contributed by atoms with van der Waals surface area (Å²) >= 11 is 0. The summed E-state index contributed by atoms with van der Waals surface area (Å²) in [4.78, 5) is 27.1. The van der Waals surface area contributed by atoms with Gasteiger partial charge >= 0.3 is 0 Å². The van der Waals surface area contributed by atoms with Crippen LogP contribution in [0, 0.1) is 0 Å². The van der Waals surface area contributed by atoms with Gasteiger partial charge in [-0.1, -0.05) is 6.07 Å². The second kappa shape index (κ2) is 9.42. The van der Waals surface area contributed by atoms with Gasteiger partial charge in [0.2, 0.25) is 11.8 Å². The van der Waals surface area contributed by atoms with Gasteiger partial charge in [-0.05, 0) is 30.7 Å². The largest absolute Gasteiger partial charge is 0.493 e. The first-order chi connectivity index (χ1) is 12.9. The van der Waals surface area contributed by atoms with Crippen molar-refractivity contribution in [3.05, 3.63) is 42.1 Å². The molecule has 8 nitrogen and oxygen atoms in total.